The number of pyridine rings is 1. The van der Waals surface area contributed by atoms with Gasteiger partial charge in [-0.3, -0.25) is 0 Å². The minimum absolute atomic E-state index is 0.345. The highest BCUT2D eigenvalue weighted by Gasteiger charge is 2.23. The summed E-state index contributed by atoms with van der Waals surface area (Å²) in [5.74, 6) is 1.81. The molecule has 0 radical (unpaired) electrons. The van der Waals surface area contributed by atoms with E-state index < -0.39 is 0 Å². The van der Waals surface area contributed by atoms with Crippen molar-refractivity contribution in [2.75, 3.05) is 32.1 Å². The summed E-state index contributed by atoms with van der Waals surface area (Å²) in [6, 6.07) is 0.345. The van der Waals surface area contributed by atoms with Gasteiger partial charge in [0.05, 0.1) is 17.5 Å². The molecule has 0 unspecified atom stereocenters. The monoisotopic (exact) mass is 343 g/mol. The van der Waals surface area contributed by atoms with Crippen LogP contribution in [0.25, 0.3) is 10.9 Å². The molecule has 1 atom stereocenters. The number of hydrogen-bond donors (Lipinski definition) is 1. The summed E-state index contributed by atoms with van der Waals surface area (Å²) in [7, 11) is 2.18. The van der Waals surface area contributed by atoms with E-state index in [-0.39, 0.29) is 0 Å². The maximum atomic E-state index is 5.70. The van der Waals surface area contributed by atoms with Crippen molar-refractivity contribution in [1.82, 2.24) is 19.9 Å². The first-order chi connectivity index (χ1) is 12.1. The number of nitrogens with one attached hydrogen (secondary N) is 1. The van der Waals surface area contributed by atoms with Gasteiger partial charge in [0.15, 0.2) is 0 Å². The van der Waals surface area contributed by atoms with Crippen LogP contribution in [0, 0.1) is 0 Å². The predicted molar refractivity (Wildman–Crippen MR) is 101 cm³/mol. The molecule has 0 bridgehead atoms. The third-order valence-corrected chi connectivity index (χ3v) is 5.04. The summed E-state index contributed by atoms with van der Waals surface area (Å²) in [4.78, 5) is 16.3. The Morgan fingerprint density at radius 3 is 2.68 bits per heavy atom. The Morgan fingerprint density at radius 1 is 1.24 bits per heavy atom. The molecule has 3 heterocycles. The van der Waals surface area contributed by atoms with E-state index >= 15 is 0 Å². The normalized spacial score (nSPS) is 17.6. The summed E-state index contributed by atoms with van der Waals surface area (Å²) >= 11 is 0. The van der Waals surface area contributed by atoms with Crippen molar-refractivity contribution in [3.8, 4) is 5.88 Å². The van der Waals surface area contributed by atoms with Gasteiger partial charge in [-0.25, -0.2) is 15.0 Å². The van der Waals surface area contributed by atoms with Crippen LogP contribution in [0.2, 0.25) is 0 Å². The van der Waals surface area contributed by atoms with Crippen LogP contribution in [0.1, 0.15) is 51.5 Å². The number of rotatable bonds is 6. The molecule has 2 aromatic heterocycles. The number of nitrogens with zero attached hydrogens (tertiary/aromatic N) is 4. The fraction of sp³-hybridized carbons (Fsp3) is 0.632. The number of ether oxygens (including phenoxy) is 1. The third-order valence-electron chi connectivity index (χ3n) is 5.04. The molecule has 1 aliphatic heterocycles. The van der Waals surface area contributed by atoms with Gasteiger partial charge in [0.1, 0.15) is 0 Å². The molecule has 1 fully saturated rings. The van der Waals surface area contributed by atoms with Crippen LogP contribution >= 0.6 is 0 Å². The van der Waals surface area contributed by atoms with Crippen LogP contribution < -0.4 is 10.1 Å². The fourth-order valence-corrected chi connectivity index (χ4v) is 3.28. The van der Waals surface area contributed by atoms with Gasteiger partial charge in [-0.05, 0) is 59.2 Å². The molecular formula is C19H29N5O. The van der Waals surface area contributed by atoms with Gasteiger partial charge >= 0.3 is 0 Å². The zero-order valence-electron chi connectivity index (χ0n) is 15.7. The Balaban J connectivity index is 2.02. The summed E-state index contributed by atoms with van der Waals surface area (Å²) < 4.78 is 5.70. The molecule has 0 aliphatic carbocycles. The quantitative estimate of drug-likeness (QED) is 0.867. The first kappa shape index (κ1) is 17.9. The molecule has 0 spiro atoms. The van der Waals surface area contributed by atoms with E-state index in [2.05, 4.69) is 41.1 Å². The smallest absolute Gasteiger partial charge is 0.224 e. The highest BCUT2D eigenvalue weighted by molar-refractivity contribution is 5.86. The molecule has 0 aromatic carbocycles. The largest absolute Gasteiger partial charge is 0.477 e. The summed E-state index contributed by atoms with van der Waals surface area (Å²) in [5, 5.41) is 4.29. The molecule has 1 aliphatic rings. The average molecular weight is 343 g/mol. The van der Waals surface area contributed by atoms with Crippen molar-refractivity contribution < 1.29 is 4.74 Å². The minimum atomic E-state index is 0.345. The molecule has 0 saturated carbocycles. The molecule has 0 amide bonds. The predicted octanol–water partition coefficient (Wildman–Crippen LogP) is 3.44. The molecule has 1 saturated heterocycles. The van der Waals surface area contributed by atoms with Crippen molar-refractivity contribution in [2.45, 2.75) is 52.0 Å². The van der Waals surface area contributed by atoms with Gasteiger partial charge in [-0.2, -0.15) is 0 Å². The fourth-order valence-electron chi connectivity index (χ4n) is 3.28. The number of likely N-dealkylation sites (tertiary alicyclic amines) is 1. The van der Waals surface area contributed by atoms with Gasteiger partial charge in [0.25, 0.3) is 0 Å². The second-order valence-electron chi connectivity index (χ2n) is 6.94. The SMILES string of the molecule is CCOc1ncc(C2CCN(C)CC2)c2nc(N[C@@H](C)CC)ncc12. The van der Waals surface area contributed by atoms with Crippen LogP contribution in [0.5, 0.6) is 5.88 Å². The molecule has 6 nitrogen and oxygen atoms in total. The van der Waals surface area contributed by atoms with E-state index in [4.69, 9.17) is 9.72 Å². The minimum Gasteiger partial charge on any atom is -0.477 e. The number of aromatic nitrogens is 3. The number of fused-ring (bicyclic) bond motifs is 1. The number of piperidine rings is 1. The number of anilines is 1. The van der Waals surface area contributed by atoms with Crippen molar-refractivity contribution in [3.63, 3.8) is 0 Å². The average Bonchev–Trinajstić information content (AvgIpc) is 2.63. The van der Waals surface area contributed by atoms with Crippen molar-refractivity contribution >= 4 is 16.9 Å². The van der Waals surface area contributed by atoms with Crippen molar-refractivity contribution in [1.29, 1.82) is 0 Å². The maximum Gasteiger partial charge on any atom is 0.224 e. The molecular weight excluding hydrogens is 314 g/mol. The molecule has 25 heavy (non-hydrogen) atoms. The van der Waals surface area contributed by atoms with E-state index in [0.717, 1.165) is 43.3 Å². The number of hydrogen-bond acceptors (Lipinski definition) is 6. The molecule has 136 valence electrons. The molecule has 6 heteroatoms. The van der Waals surface area contributed by atoms with Crippen molar-refractivity contribution in [3.05, 3.63) is 18.0 Å². The Bertz CT molecular complexity index is 712. The second kappa shape index (κ2) is 7.95. The van der Waals surface area contributed by atoms with Crippen molar-refractivity contribution in [2.24, 2.45) is 0 Å². The maximum absolute atomic E-state index is 5.70. The topological polar surface area (TPSA) is 63.2 Å². The third kappa shape index (κ3) is 4.00. The lowest BCUT2D eigenvalue weighted by atomic mass is 9.89. The lowest BCUT2D eigenvalue weighted by molar-refractivity contribution is 0.255. The van der Waals surface area contributed by atoms with Crippen LogP contribution in [-0.2, 0) is 0 Å². The van der Waals surface area contributed by atoms with Gasteiger partial charge in [-0.1, -0.05) is 6.92 Å². The van der Waals surface area contributed by atoms with E-state index in [1.165, 1.54) is 5.56 Å². The standard InChI is InChI=1S/C19H29N5O/c1-5-13(3)22-19-21-12-16-17(23-19)15(11-20-18(16)25-6-2)14-7-9-24(4)10-8-14/h11-14H,5-10H2,1-4H3,(H,21,22,23)/t13-/m0/s1. The lowest BCUT2D eigenvalue weighted by Gasteiger charge is -2.29. The Labute approximate surface area is 150 Å². The highest BCUT2D eigenvalue weighted by atomic mass is 16.5. The summed E-state index contributed by atoms with van der Waals surface area (Å²) in [5.41, 5.74) is 2.20. The van der Waals surface area contributed by atoms with Gasteiger partial charge in [0, 0.05) is 24.0 Å². The summed E-state index contributed by atoms with van der Waals surface area (Å²) in [6.07, 6.45) is 7.12. The van der Waals surface area contributed by atoms with Crippen LogP contribution in [0.4, 0.5) is 5.95 Å². The Kier molecular flexibility index (Phi) is 5.68. The van der Waals surface area contributed by atoms with E-state index in [9.17, 15) is 0 Å². The van der Waals surface area contributed by atoms with E-state index in [0.29, 0.717) is 30.4 Å². The lowest BCUT2D eigenvalue weighted by Crippen LogP contribution is -2.29. The highest BCUT2D eigenvalue weighted by Crippen LogP contribution is 2.34. The van der Waals surface area contributed by atoms with E-state index in [1.807, 2.05) is 19.3 Å². The van der Waals surface area contributed by atoms with Gasteiger partial charge in [-0.15, -0.1) is 0 Å². The second-order valence-corrected chi connectivity index (χ2v) is 6.94. The Morgan fingerprint density at radius 2 is 2.00 bits per heavy atom. The molecule has 2 aromatic rings. The Hall–Kier alpha value is -1.95. The van der Waals surface area contributed by atoms with Crippen LogP contribution in [0.15, 0.2) is 12.4 Å². The zero-order chi connectivity index (χ0) is 17.8. The summed E-state index contributed by atoms with van der Waals surface area (Å²) in [6.45, 7) is 9.08. The van der Waals surface area contributed by atoms with Crippen LogP contribution in [0.3, 0.4) is 0 Å². The van der Waals surface area contributed by atoms with Crippen LogP contribution in [-0.4, -0.2) is 52.6 Å². The van der Waals surface area contributed by atoms with Gasteiger partial charge < -0.3 is 15.0 Å². The molecule has 1 N–H and O–H groups in total. The van der Waals surface area contributed by atoms with Gasteiger partial charge in [0.2, 0.25) is 11.8 Å². The first-order valence-electron chi connectivity index (χ1n) is 9.35. The first-order valence-corrected chi connectivity index (χ1v) is 9.35. The molecule has 3 rings (SSSR count). The zero-order valence-corrected chi connectivity index (χ0v) is 15.7. The van der Waals surface area contributed by atoms with E-state index in [1.54, 1.807) is 0 Å².